The molecular formula is C28H25BrClIN4O4. The van der Waals surface area contributed by atoms with E-state index in [1.807, 2.05) is 32.0 Å². The van der Waals surface area contributed by atoms with Crippen LogP contribution in [0.4, 0.5) is 5.69 Å². The molecule has 11 heteroatoms. The lowest BCUT2D eigenvalue weighted by atomic mass is 10.2. The predicted molar refractivity (Wildman–Crippen MR) is 167 cm³/mol. The zero-order chi connectivity index (χ0) is 27.9. The highest BCUT2D eigenvalue weighted by Gasteiger charge is 2.15. The van der Waals surface area contributed by atoms with Crippen molar-refractivity contribution in [3.8, 4) is 11.5 Å². The fourth-order valence-corrected chi connectivity index (χ4v) is 5.03. The van der Waals surface area contributed by atoms with Gasteiger partial charge in [0.2, 0.25) is 0 Å². The number of hydrogen-bond acceptors (Lipinski definition) is 6. The highest BCUT2D eigenvalue weighted by Crippen LogP contribution is 2.34. The third-order valence-corrected chi connectivity index (χ3v) is 7.03. The number of benzene rings is 3. The normalized spacial score (nSPS) is 11.2. The van der Waals surface area contributed by atoms with Gasteiger partial charge in [0.15, 0.2) is 18.1 Å². The highest BCUT2D eigenvalue weighted by atomic mass is 127. The summed E-state index contributed by atoms with van der Waals surface area (Å²) in [6.07, 6.45) is 3.01. The van der Waals surface area contributed by atoms with Gasteiger partial charge in [-0.2, -0.15) is 9.78 Å². The van der Waals surface area contributed by atoms with Crippen molar-refractivity contribution < 1.29 is 14.3 Å². The lowest BCUT2D eigenvalue weighted by Gasteiger charge is -2.15. The number of halogens is 3. The molecule has 4 rings (SSSR count). The highest BCUT2D eigenvalue weighted by molar-refractivity contribution is 14.1. The molecule has 1 aromatic heterocycles. The number of hydrogen-bond donors (Lipinski definition) is 1. The molecule has 39 heavy (non-hydrogen) atoms. The maximum absolute atomic E-state index is 13.3. The summed E-state index contributed by atoms with van der Waals surface area (Å²) in [6.45, 7) is 4.07. The lowest BCUT2D eigenvalue weighted by Crippen LogP contribution is -2.22. The van der Waals surface area contributed by atoms with E-state index < -0.39 is 0 Å². The summed E-state index contributed by atoms with van der Waals surface area (Å²) in [6, 6.07) is 15.8. The zero-order valence-corrected chi connectivity index (χ0v) is 25.7. The SMILES string of the molecule is CCCc1nc2ccc(Br)cc2c(=O)n1N=Cc1cc(I)c(OCC(=O)Nc2ccc(Cl)cc2)c(OCC)c1. The smallest absolute Gasteiger partial charge is 0.282 e. The number of rotatable bonds is 10. The average Bonchev–Trinajstić information content (AvgIpc) is 2.90. The monoisotopic (exact) mass is 722 g/mol. The third kappa shape index (κ3) is 7.37. The Balaban J connectivity index is 1.59. The summed E-state index contributed by atoms with van der Waals surface area (Å²) >= 11 is 11.4. The first-order valence-corrected chi connectivity index (χ1v) is 14.4. The Morgan fingerprint density at radius 2 is 1.92 bits per heavy atom. The molecule has 0 aliphatic carbocycles. The first-order chi connectivity index (χ1) is 18.8. The second-order valence-electron chi connectivity index (χ2n) is 8.41. The largest absolute Gasteiger partial charge is 0.490 e. The molecule has 0 bridgehead atoms. The summed E-state index contributed by atoms with van der Waals surface area (Å²) in [5, 5.41) is 8.33. The van der Waals surface area contributed by atoms with Crippen LogP contribution >= 0.6 is 50.1 Å². The maximum atomic E-state index is 13.3. The fraction of sp³-hybridized carbons (Fsp3) is 0.214. The molecule has 0 aliphatic rings. The Morgan fingerprint density at radius 3 is 2.64 bits per heavy atom. The Labute approximate surface area is 252 Å². The van der Waals surface area contributed by atoms with Gasteiger partial charge in [0, 0.05) is 21.6 Å². The van der Waals surface area contributed by atoms with Crippen molar-refractivity contribution in [3.63, 3.8) is 0 Å². The van der Waals surface area contributed by atoms with E-state index in [9.17, 15) is 9.59 Å². The van der Waals surface area contributed by atoms with Crippen LogP contribution in [0.15, 0.2) is 69.0 Å². The molecular weight excluding hydrogens is 699 g/mol. The van der Waals surface area contributed by atoms with Crippen LogP contribution in [-0.2, 0) is 11.2 Å². The van der Waals surface area contributed by atoms with Crippen LogP contribution < -0.4 is 20.3 Å². The number of carbonyl (C=O) groups is 1. The quantitative estimate of drug-likeness (QED) is 0.146. The Kier molecular flexibility index (Phi) is 9.98. The summed E-state index contributed by atoms with van der Waals surface area (Å²) in [4.78, 5) is 30.4. The second kappa shape index (κ2) is 13.4. The molecule has 0 spiro atoms. The molecule has 4 aromatic rings. The van der Waals surface area contributed by atoms with Crippen molar-refractivity contribution in [2.24, 2.45) is 5.10 Å². The molecule has 0 unspecified atom stereocenters. The van der Waals surface area contributed by atoms with Gasteiger partial charge in [-0.3, -0.25) is 9.59 Å². The van der Waals surface area contributed by atoms with Crippen molar-refractivity contribution in [1.82, 2.24) is 9.66 Å². The Morgan fingerprint density at radius 1 is 1.15 bits per heavy atom. The molecule has 0 radical (unpaired) electrons. The number of carbonyl (C=O) groups excluding carboxylic acids is 1. The molecule has 0 aliphatic heterocycles. The molecule has 0 atom stereocenters. The van der Waals surface area contributed by atoms with Crippen LogP contribution in [-0.4, -0.2) is 35.0 Å². The van der Waals surface area contributed by atoms with Crippen LogP contribution in [0.5, 0.6) is 11.5 Å². The van der Waals surface area contributed by atoms with E-state index in [2.05, 4.69) is 53.9 Å². The molecule has 8 nitrogen and oxygen atoms in total. The number of anilines is 1. The van der Waals surface area contributed by atoms with E-state index in [4.69, 9.17) is 21.1 Å². The minimum absolute atomic E-state index is 0.208. The van der Waals surface area contributed by atoms with E-state index in [0.717, 1.165) is 14.5 Å². The van der Waals surface area contributed by atoms with Gasteiger partial charge in [-0.05, 0) is 96.1 Å². The zero-order valence-electron chi connectivity index (χ0n) is 21.2. The molecule has 1 amide bonds. The van der Waals surface area contributed by atoms with Crippen molar-refractivity contribution in [3.05, 3.63) is 89.4 Å². The summed E-state index contributed by atoms with van der Waals surface area (Å²) in [5.41, 5.74) is 1.71. The number of ether oxygens (including phenoxy) is 2. The molecule has 202 valence electrons. The number of nitrogens with one attached hydrogen (secondary N) is 1. The van der Waals surface area contributed by atoms with E-state index in [1.165, 1.54) is 4.68 Å². The van der Waals surface area contributed by atoms with Crippen LogP contribution in [0.3, 0.4) is 0 Å². The number of fused-ring (bicyclic) bond motifs is 1. The fourth-order valence-electron chi connectivity index (χ4n) is 3.76. The maximum Gasteiger partial charge on any atom is 0.282 e. The molecule has 0 fully saturated rings. The van der Waals surface area contributed by atoms with Crippen molar-refractivity contribution in [2.45, 2.75) is 26.7 Å². The van der Waals surface area contributed by atoms with Gasteiger partial charge >= 0.3 is 0 Å². The minimum Gasteiger partial charge on any atom is -0.490 e. The van der Waals surface area contributed by atoms with Crippen LogP contribution in [0.2, 0.25) is 5.02 Å². The van der Waals surface area contributed by atoms with Crippen LogP contribution in [0, 0.1) is 3.57 Å². The van der Waals surface area contributed by atoms with Gasteiger partial charge in [-0.25, -0.2) is 4.98 Å². The van der Waals surface area contributed by atoms with E-state index in [-0.39, 0.29) is 18.1 Å². The first kappa shape index (κ1) is 29.0. The van der Waals surface area contributed by atoms with Crippen LogP contribution in [0.1, 0.15) is 31.7 Å². The topological polar surface area (TPSA) is 94.8 Å². The van der Waals surface area contributed by atoms with E-state index in [1.54, 1.807) is 42.6 Å². The summed E-state index contributed by atoms with van der Waals surface area (Å²) in [5.74, 6) is 1.17. The summed E-state index contributed by atoms with van der Waals surface area (Å²) in [7, 11) is 0. The van der Waals surface area contributed by atoms with Crippen molar-refractivity contribution >= 4 is 78.8 Å². The lowest BCUT2D eigenvalue weighted by molar-refractivity contribution is -0.118. The van der Waals surface area contributed by atoms with E-state index >= 15 is 0 Å². The molecule has 0 saturated heterocycles. The van der Waals surface area contributed by atoms with Crippen LogP contribution in [0.25, 0.3) is 10.9 Å². The number of amides is 1. The first-order valence-electron chi connectivity index (χ1n) is 12.2. The predicted octanol–water partition coefficient (Wildman–Crippen LogP) is 6.67. The standard InChI is InChI=1S/C28H25BrClIN4O4/c1-3-5-25-34-23-11-6-18(29)14-21(23)28(37)35(25)32-15-17-12-22(31)27(24(13-17)38-4-2)39-16-26(36)33-20-9-7-19(30)8-10-20/h6-15H,3-5,16H2,1-2H3,(H,33,36). The second-order valence-corrected chi connectivity index (χ2v) is 10.9. The summed E-state index contributed by atoms with van der Waals surface area (Å²) < 4.78 is 14.5. The number of nitrogens with zero attached hydrogens (tertiary/aromatic N) is 3. The Bertz CT molecular complexity index is 1590. The van der Waals surface area contributed by atoms with Gasteiger partial charge in [-0.15, -0.1) is 0 Å². The van der Waals surface area contributed by atoms with Gasteiger partial charge in [0.1, 0.15) is 5.82 Å². The molecule has 3 aromatic carbocycles. The van der Waals surface area contributed by atoms with Gasteiger partial charge in [0.05, 0.1) is 27.3 Å². The van der Waals surface area contributed by atoms with Gasteiger partial charge < -0.3 is 14.8 Å². The molecule has 1 heterocycles. The van der Waals surface area contributed by atoms with Gasteiger partial charge in [-0.1, -0.05) is 34.5 Å². The average molecular weight is 724 g/mol. The minimum atomic E-state index is -0.320. The number of aromatic nitrogens is 2. The number of aryl methyl sites for hydroxylation is 1. The van der Waals surface area contributed by atoms with Crippen molar-refractivity contribution in [2.75, 3.05) is 18.5 Å². The Hall–Kier alpha value is -2.96. The molecule has 1 N–H and O–H groups in total. The van der Waals surface area contributed by atoms with Crippen molar-refractivity contribution in [1.29, 1.82) is 0 Å². The van der Waals surface area contributed by atoms with Gasteiger partial charge in [0.25, 0.3) is 11.5 Å². The molecule has 0 saturated carbocycles. The van der Waals surface area contributed by atoms with E-state index in [0.29, 0.717) is 57.5 Å². The third-order valence-electron chi connectivity index (χ3n) is 5.48.